The van der Waals surface area contributed by atoms with Crippen LogP contribution in [0.1, 0.15) is 40.5 Å². The Hall–Kier alpha value is -0.260. The Labute approximate surface area is 65.3 Å². The second kappa shape index (κ2) is 3.80. The van der Waals surface area contributed by atoms with Crippen molar-refractivity contribution < 1.29 is 0 Å². The standard InChI is InChI=1S/C10H20/c1-6-9(7-2)10(4,5)8-3/h6,9H,1,7-8H2,2-5H3. The lowest BCUT2D eigenvalue weighted by atomic mass is 9.75. The van der Waals surface area contributed by atoms with Gasteiger partial charge in [0.1, 0.15) is 0 Å². The van der Waals surface area contributed by atoms with E-state index in [0.29, 0.717) is 11.3 Å². The number of hydrogen-bond donors (Lipinski definition) is 0. The summed E-state index contributed by atoms with van der Waals surface area (Å²) in [4.78, 5) is 0. The maximum absolute atomic E-state index is 3.85. The van der Waals surface area contributed by atoms with Crippen LogP contribution >= 0.6 is 0 Å². The molecule has 0 N–H and O–H groups in total. The summed E-state index contributed by atoms with van der Waals surface area (Å²) >= 11 is 0. The molecule has 60 valence electrons. The minimum absolute atomic E-state index is 0.441. The largest absolute Gasteiger partial charge is 0.103 e. The molecular weight excluding hydrogens is 120 g/mol. The minimum Gasteiger partial charge on any atom is -0.103 e. The van der Waals surface area contributed by atoms with Crippen LogP contribution in [-0.4, -0.2) is 0 Å². The first-order valence-corrected chi connectivity index (χ1v) is 4.21. The van der Waals surface area contributed by atoms with Crippen molar-refractivity contribution in [2.24, 2.45) is 11.3 Å². The average molecular weight is 140 g/mol. The molecule has 0 radical (unpaired) electrons. The summed E-state index contributed by atoms with van der Waals surface area (Å²) < 4.78 is 0. The van der Waals surface area contributed by atoms with Crippen LogP contribution < -0.4 is 0 Å². The van der Waals surface area contributed by atoms with Crippen molar-refractivity contribution in [3.05, 3.63) is 12.7 Å². The molecule has 1 unspecified atom stereocenters. The number of hydrogen-bond acceptors (Lipinski definition) is 0. The third-order valence-corrected chi connectivity index (χ3v) is 2.64. The molecule has 0 heterocycles. The van der Waals surface area contributed by atoms with E-state index in [4.69, 9.17) is 0 Å². The SMILES string of the molecule is C=CC(CC)C(C)(C)CC. The van der Waals surface area contributed by atoms with Crippen molar-refractivity contribution >= 4 is 0 Å². The summed E-state index contributed by atoms with van der Waals surface area (Å²) in [5, 5.41) is 0. The van der Waals surface area contributed by atoms with Crippen LogP contribution in [0.2, 0.25) is 0 Å². The van der Waals surface area contributed by atoms with E-state index in [1.165, 1.54) is 12.8 Å². The van der Waals surface area contributed by atoms with E-state index in [9.17, 15) is 0 Å². The van der Waals surface area contributed by atoms with Crippen LogP contribution in [0.25, 0.3) is 0 Å². The maximum atomic E-state index is 3.85. The molecule has 0 bridgehead atoms. The fourth-order valence-corrected chi connectivity index (χ4v) is 1.30. The van der Waals surface area contributed by atoms with Gasteiger partial charge >= 0.3 is 0 Å². The summed E-state index contributed by atoms with van der Waals surface area (Å²) in [6, 6.07) is 0. The summed E-state index contributed by atoms with van der Waals surface area (Å²) in [5.41, 5.74) is 0.441. The Balaban J connectivity index is 4.10. The molecule has 1 atom stereocenters. The van der Waals surface area contributed by atoms with Gasteiger partial charge in [-0.25, -0.2) is 0 Å². The zero-order valence-corrected chi connectivity index (χ0v) is 7.78. The van der Waals surface area contributed by atoms with E-state index in [0.717, 1.165) is 0 Å². The fraction of sp³-hybridized carbons (Fsp3) is 0.800. The minimum atomic E-state index is 0.441. The van der Waals surface area contributed by atoms with Crippen molar-refractivity contribution in [2.75, 3.05) is 0 Å². The molecule has 0 fully saturated rings. The highest BCUT2D eigenvalue weighted by atomic mass is 14.3. The van der Waals surface area contributed by atoms with E-state index in [-0.39, 0.29) is 0 Å². The van der Waals surface area contributed by atoms with Crippen molar-refractivity contribution in [1.82, 2.24) is 0 Å². The molecule has 0 heteroatoms. The van der Waals surface area contributed by atoms with Crippen LogP contribution in [0.4, 0.5) is 0 Å². The Morgan fingerprint density at radius 1 is 1.40 bits per heavy atom. The first kappa shape index (κ1) is 9.74. The molecular formula is C10H20. The highest BCUT2D eigenvalue weighted by Gasteiger charge is 2.22. The van der Waals surface area contributed by atoms with Crippen LogP contribution in [0.3, 0.4) is 0 Å². The van der Waals surface area contributed by atoms with Crippen LogP contribution in [-0.2, 0) is 0 Å². The third-order valence-electron chi connectivity index (χ3n) is 2.64. The summed E-state index contributed by atoms with van der Waals surface area (Å²) in [5.74, 6) is 0.678. The predicted molar refractivity (Wildman–Crippen MR) is 48.1 cm³/mol. The molecule has 0 aliphatic rings. The van der Waals surface area contributed by atoms with Gasteiger partial charge in [-0.2, -0.15) is 0 Å². The smallest absolute Gasteiger partial charge is 0.0188 e. The van der Waals surface area contributed by atoms with Crippen molar-refractivity contribution in [1.29, 1.82) is 0 Å². The second-order valence-electron chi connectivity index (χ2n) is 3.59. The third kappa shape index (κ3) is 2.17. The van der Waals surface area contributed by atoms with Gasteiger partial charge < -0.3 is 0 Å². The van der Waals surface area contributed by atoms with Gasteiger partial charge in [0.2, 0.25) is 0 Å². The summed E-state index contributed by atoms with van der Waals surface area (Å²) in [6.45, 7) is 12.9. The lowest BCUT2D eigenvalue weighted by molar-refractivity contribution is 0.243. The highest BCUT2D eigenvalue weighted by molar-refractivity contribution is 4.88. The van der Waals surface area contributed by atoms with Crippen molar-refractivity contribution in [3.8, 4) is 0 Å². The van der Waals surface area contributed by atoms with Crippen LogP contribution in [0.5, 0.6) is 0 Å². The first-order chi connectivity index (χ1) is 4.58. The van der Waals surface area contributed by atoms with E-state index >= 15 is 0 Å². The van der Waals surface area contributed by atoms with Crippen LogP contribution in [0.15, 0.2) is 12.7 Å². The molecule has 0 amide bonds. The molecule has 0 saturated carbocycles. The average Bonchev–Trinajstić information content (AvgIpc) is 1.90. The molecule has 0 aromatic heterocycles. The molecule has 0 spiro atoms. The Bertz CT molecular complexity index is 101. The van der Waals surface area contributed by atoms with Crippen molar-refractivity contribution in [2.45, 2.75) is 40.5 Å². The van der Waals surface area contributed by atoms with Gasteiger partial charge in [-0.15, -0.1) is 6.58 Å². The van der Waals surface area contributed by atoms with Crippen molar-refractivity contribution in [3.63, 3.8) is 0 Å². The predicted octanol–water partition coefficient (Wildman–Crippen LogP) is 3.63. The number of allylic oxidation sites excluding steroid dienone is 1. The monoisotopic (exact) mass is 140 g/mol. The summed E-state index contributed by atoms with van der Waals surface area (Å²) in [7, 11) is 0. The Kier molecular flexibility index (Phi) is 3.70. The van der Waals surface area contributed by atoms with Gasteiger partial charge in [0.15, 0.2) is 0 Å². The molecule has 10 heavy (non-hydrogen) atoms. The molecule has 0 saturated heterocycles. The lowest BCUT2D eigenvalue weighted by Gasteiger charge is -2.30. The van der Waals surface area contributed by atoms with E-state index in [2.05, 4.69) is 40.3 Å². The molecule has 0 nitrogen and oxygen atoms in total. The Morgan fingerprint density at radius 3 is 2.00 bits per heavy atom. The normalized spacial score (nSPS) is 14.8. The fourth-order valence-electron chi connectivity index (χ4n) is 1.30. The van der Waals surface area contributed by atoms with Gasteiger partial charge in [-0.1, -0.05) is 40.2 Å². The van der Waals surface area contributed by atoms with Gasteiger partial charge in [0.25, 0.3) is 0 Å². The van der Waals surface area contributed by atoms with Gasteiger partial charge in [0.05, 0.1) is 0 Å². The summed E-state index contributed by atoms with van der Waals surface area (Å²) in [6.07, 6.45) is 4.53. The topological polar surface area (TPSA) is 0 Å². The first-order valence-electron chi connectivity index (χ1n) is 4.21. The second-order valence-corrected chi connectivity index (χ2v) is 3.59. The van der Waals surface area contributed by atoms with E-state index < -0.39 is 0 Å². The Morgan fingerprint density at radius 2 is 1.90 bits per heavy atom. The molecule has 0 aliphatic heterocycles. The molecule has 0 aromatic rings. The molecule has 0 aromatic carbocycles. The zero-order chi connectivity index (χ0) is 8.20. The maximum Gasteiger partial charge on any atom is -0.0188 e. The van der Waals surface area contributed by atoms with Crippen LogP contribution in [0, 0.1) is 11.3 Å². The quantitative estimate of drug-likeness (QED) is 0.523. The van der Waals surface area contributed by atoms with Gasteiger partial charge in [0, 0.05) is 0 Å². The van der Waals surface area contributed by atoms with Gasteiger partial charge in [-0.3, -0.25) is 0 Å². The number of rotatable bonds is 4. The zero-order valence-electron chi connectivity index (χ0n) is 7.78. The molecule has 0 rings (SSSR count). The highest BCUT2D eigenvalue weighted by Crippen LogP contribution is 2.33. The van der Waals surface area contributed by atoms with Gasteiger partial charge in [-0.05, 0) is 17.8 Å². The van der Waals surface area contributed by atoms with E-state index in [1.807, 2.05) is 0 Å². The van der Waals surface area contributed by atoms with E-state index in [1.54, 1.807) is 0 Å². The lowest BCUT2D eigenvalue weighted by Crippen LogP contribution is -2.20. The molecule has 0 aliphatic carbocycles.